The van der Waals surface area contributed by atoms with Crippen molar-refractivity contribution in [2.45, 2.75) is 106 Å². The zero-order chi connectivity index (χ0) is 69.8. The third-order valence-electron chi connectivity index (χ3n) is 14.7. The summed E-state index contributed by atoms with van der Waals surface area (Å²) < 4.78 is 5.33. The minimum absolute atomic E-state index is 0.0310. The third-order valence-corrected chi connectivity index (χ3v) is 14.7. The second-order valence-electron chi connectivity index (χ2n) is 22.2. The summed E-state index contributed by atoms with van der Waals surface area (Å²) in [7, 11) is 0. The van der Waals surface area contributed by atoms with Crippen LogP contribution in [0.3, 0.4) is 0 Å². The van der Waals surface area contributed by atoms with Gasteiger partial charge in [-0.2, -0.15) is 0 Å². The van der Waals surface area contributed by atoms with E-state index in [0.717, 1.165) is 0 Å². The van der Waals surface area contributed by atoms with Gasteiger partial charge in [0.15, 0.2) is 0 Å². The molecule has 7 aromatic rings. The maximum absolute atomic E-state index is 14.6. The molecule has 8 atom stereocenters. The molecule has 0 aliphatic heterocycles. The van der Waals surface area contributed by atoms with E-state index in [0.29, 0.717) is 27.8 Å². The molecule has 31 nitrogen and oxygen atoms in total. The number of hydrogen-bond donors (Lipinski definition) is 16. The summed E-state index contributed by atoms with van der Waals surface area (Å²) in [4.78, 5) is 178. The van der Waals surface area contributed by atoms with Crippen LogP contribution in [0.5, 0.6) is 11.5 Å². The fourth-order valence-corrected chi connectivity index (χ4v) is 9.77. The predicted molar refractivity (Wildman–Crippen MR) is 342 cm³/mol. The summed E-state index contributed by atoms with van der Waals surface area (Å²) in [5.74, 6) is -12.9. The van der Waals surface area contributed by atoms with E-state index in [-0.39, 0.29) is 68.0 Å². The molecule has 17 N–H and O–H groups in total. The number of nitrogens with one attached hydrogen (secondary N) is 11. The number of primary amides is 1. The number of alkyl carbamates (subject to hydrolysis) is 1. The van der Waals surface area contributed by atoms with E-state index in [9.17, 15) is 78.0 Å². The molecule has 31 heteroatoms. The molecule has 0 aliphatic carbocycles. The number of H-pyrrole nitrogens is 2. The van der Waals surface area contributed by atoms with Crippen molar-refractivity contribution in [3.8, 4) is 11.5 Å². The first-order valence-corrected chi connectivity index (χ1v) is 30.2. The molecule has 97 heavy (non-hydrogen) atoms. The molecule has 0 saturated heterocycles. The number of aliphatic carboxylic acids is 2. The maximum Gasteiger partial charge on any atom is 0.408 e. The highest BCUT2D eigenvalue weighted by Gasteiger charge is 2.36. The fourth-order valence-electron chi connectivity index (χ4n) is 9.77. The van der Waals surface area contributed by atoms with Crippen molar-refractivity contribution in [2.24, 2.45) is 5.73 Å². The molecule has 2 heterocycles. The molecule has 2 aromatic heterocycles. The first-order chi connectivity index (χ1) is 46.5. The van der Waals surface area contributed by atoms with Crippen LogP contribution in [0.15, 0.2) is 165 Å². The number of nitrogens with zero attached hydrogens (tertiary/aromatic N) is 2. The Morgan fingerprint density at radius 2 is 0.722 bits per heavy atom. The minimum Gasteiger partial charge on any atom is -0.508 e. The van der Waals surface area contributed by atoms with Gasteiger partial charge < -0.3 is 88.7 Å². The van der Waals surface area contributed by atoms with Crippen molar-refractivity contribution in [2.75, 3.05) is 6.54 Å². The largest absolute Gasteiger partial charge is 0.508 e. The van der Waals surface area contributed by atoms with Crippen LogP contribution >= 0.6 is 0 Å². The molecule has 0 unspecified atom stereocenters. The number of ether oxygens (including phenoxy) is 1. The van der Waals surface area contributed by atoms with Crippen molar-refractivity contribution in [1.29, 1.82) is 0 Å². The number of phenols is 2. The van der Waals surface area contributed by atoms with Gasteiger partial charge in [-0.15, -0.1) is 0 Å². The van der Waals surface area contributed by atoms with Crippen LogP contribution < -0.4 is 53.6 Å². The number of imidazole rings is 2. The fraction of sp³-hybridized carbons (Fsp3) is 0.273. The van der Waals surface area contributed by atoms with Gasteiger partial charge in [-0.3, -0.25) is 52.7 Å². The maximum atomic E-state index is 14.6. The number of hydrogen-bond acceptors (Lipinski definition) is 17. The Morgan fingerprint density at radius 1 is 0.392 bits per heavy atom. The van der Waals surface area contributed by atoms with Crippen molar-refractivity contribution >= 4 is 71.2 Å². The van der Waals surface area contributed by atoms with E-state index in [2.05, 4.69) is 67.8 Å². The summed E-state index contributed by atoms with van der Waals surface area (Å²) in [6.07, 6.45) is 0.674. The number of aromatic hydroxyl groups is 2. The van der Waals surface area contributed by atoms with Crippen molar-refractivity contribution in [1.82, 2.24) is 67.8 Å². The van der Waals surface area contributed by atoms with Crippen LogP contribution in [0.2, 0.25) is 0 Å². The standard InChI is InChI=1S/C66H72N14O17/c67-58(88)47(24-38-10-4-1-5-11-38)74-62(92)51(28-43-32-68-36-71-43)76-64(94)53(30-56(84)85)78-60(90)49(26-40-16-20-45(81)21-17-40)73-55(83)34-70-59(89)48(25-39-12-6-2-7-13-39)75-63(93)52(29-44-33-69-37-72-44)77-65(95)54(31-57(86)87)79-61(91)50(27-41-18-22-46(82)23-19-41)80-66(96)97-35-42-14-8-3-9-15-42/h1-23,32-33,36-37,47-54,81-82H,24-31,34-35H2,(H2,67,88)(H,68,71)(H,69,72)(H,70,89)(H,73,83)(H,74,92)(H,75,93)(H,76,94)(H,77,95)(H,78,90)(H,79,91)(H,80,96)(H,84,85)(H,86,87)/t47-,48-,49-,50-,51-,52-,53-,54-/m0/s1. The third kappa shape index (κ3) is 24.2. The van der Waals surface area contributed by atoms with Crippen LogP contribution in [-0.4, -0.2) is 166 Å². The lowest BCUT2D eigenvalue weighted by atomic mass is 10.0. The Bertz CT molecular complexity index is 3810. The summed E-state index contributed by atoms with van der Waals surface area (Å²) >= 11 is 0. The zero-order valence-corrected chi connectivity index (χ0v) is 51.8. The first-order valence-electron chi connectivity index (χ1n) is 30.2. The number of aromatic amines is 2. The molecule has 508 valence electrons. The van der Waals surface area contributed by atoms with Gasteiger partial charge in [0, 0.05) is 50.9 Å². The Hall–Kier alpha value is -12.4. The molecule has 10 amide bonds. The lowest BCUT2D eigenvalue weighted by Crippen LogP contribution is -2.60. The summed E-state index contributed by atoms with van der Waals surface area (Å²) in [5, 5.41) is 62.0. The average Bonchev–Trinajstić information content (AvgIpc) is 1.62. The first kappa shape index (κ1) is 72.0. The van der Waals surface area contributed by atoms with E-state index >= 15 is 0 Å². The highest BCUT2D eigenvalue weighted by atomic mass is 16.5. The van der Waals surface area contributed by atoms with Gasteiger partial charge in [-0.1, -0.05) is 115 Å². The van der Waals surface area contributed by atoms with Crippen LogP contribution in [0.25, 0.3) is 0 Å². The van der Waals surface area contributed by atoms with E-state index in [1.807, 2.05) is 0 Å². The van der Waals surface area contributed by atoms with Crippen LogP contribution in [0, 0.1) is 0 Å². The monoisotopic (exact) mass is 1330 g/mol. The number of carboxylic acids is 2. The number of carboxylic acid groups (broad SMARTS) is 2. The number of phenolic OH excluding ortho intramolecular Hbond substituents is 2. The van der Waals surface area contributed by atoms with Gasteiger partial charge in [-0.05, 0) is 52.1 Å². The number of amides is 10. The molecule has 7 rings (SSSR count). The SMILES string of the molecule is NC(=O)[C@H](Cc1ccccc1)NC(=O)[C@H](Cc1c[nH]cn1)NC(=O)[C@H](CC(=O)O)NC(=O)[C@H](Cc1ccc(O)cc1)NC(=O)CNC(=O)[C@H](Cc1ccccc1)NC(=O)[C@H](Cc1c[nH]cn1)NC(=O)[C@H](CC(=O)O)NC(=O)[C@H](Cc1ccc(O)cc1)NC(=O)OCc1ccccc1. The second-order valence-corrected chi connectivity index (χ2v) is 22.2. The van der Waals surface area contributed by atoms with Crippen LogP contribution in [-0.2, 0) is 103 Å². The average molecular weight is 1330 g/mol. The number of nitrogens with two attached hydrogens (primary N) is 1. The van der Waals surface area contributed by atoms with Gasteiger partial charge in [0.2, 0.25) is 53.2 Å². The number of carbonyl (C=O) groups excluding carboxylic acids is 10. The summed E-state index contributed by atoms with van der Waals surface area (Å²) in [5.41, 5.74) is 8.61. The number of carbonyl (C=O) groups is 12. The molecule has 0 spiro atoms. The minimum atomic E-state index is -1.93. The quantitative estimate of drug-likeness (QED) is 0.0236. The zero-order valence-electron chi connectivity index (χ0n) is 51.8. The topological polar surface area (TPSA) is 487 Å². The summed E-state index contributed by atoms with van der Waals surface area (Å²) in [6.45, 7) is -1.08. The van der Waals surface area contributed by atoms with Crippen LogP contribution in [0.1, 0.15) is 52.0 Å². The molecule has 0 aliphatic rings. The normalized spacial score (nSPS) is 13.3. The molecule has 5 aromatic carbocycles. The molecule has 0 fully saturated rings. The summed E-state index contributed by atoms with van der Waals surface area (Å²) in [6, 6.07) is 23.3. The van der Waals surface area contributed by atoms with Gasteiger partial charge in [-0.25, -0.2) is 14.8 Å². The van der Waals surface area contributed by atoms with E-state index in [4.69, 9.17) is 10.5 Å². The van der Waals surface area contributed by atoms with Crippen molar-refractivity contribution < 1.29 is 82.7 Å². The van der Waals surface area contributed by atoms with Gasteiger partial charge in [0.25, 0.3) is 0 Å². The lowest BCUT2D eigenvalue weighted by Gasteiger charge is -2.26. The lowest BCUT2D eigenvalue weighted by molar-refractivity contribution is -0.142. The van der Waals surface area contributed by atoms with Gasteiger partial charge >= 0.3 is 18.0 Å². The van der Waals surface area contributed by atoms with E-state index in [1.54, 1.807) is 91.0 Å². The molecule has 0 saturated carbocycles. The van der Waals surface area contributed by atoms with Crippen molar-refractivity contribution in [3.63, 3.8) is 0 Å². The molecular weight excluding hydrogens is 1260 g/mol. The number of aromatic nitrogens is 4. The highest BCUT2D eigenvalue weighted by Crippen LogP contribution is 2.16. The van der Waals surface area contributed by atoms with Crippen LogP contribution in [0.4, 0.5) is 4.79 Å². The smallest absolute Gasteiger partial charge is 0.408 e. The number of rotatable bonds is 36. The van der Waals surface area contributed by atoms with Crippen molar-refractivity contribution in [3.05, 3.63) is 204 Å². The second kappa shape index (κ2) is 36.1. The molecular formula is C66H72N14O17. The molecule has 0 bridgehead atoms. The van der Waals surface area contributed by atoms with Gasteiger partial charge in [0.05, 0.1) is 43.4 Å². The van der Waals surface area contributed by atoms with E-state index in [1.165, 1.54) is 73.6 Å². The number of benzene rings is 5. The predicted octanol–water partition coefficient (Wildman–Crippen LogP) is -0.461. The highest BCUT2D eigenvalue weighted by molar-refractivity contribution is 5.99. The van der Waals surface area contributed by atoms with Gasteiger partial charge in [0.1, 0.15) is 66.4 Å². The van der Waals surface area contributed by atoms with E-state index < -0.39 is 139 Å². The Morgan fingerprint density at radius 3 is 1.10 bits per heavy atom. The Labute approximate surface area is 553 Å². The molecule has 0 radical (unpaired) electrons. The Kier molecular flexibility index (Phi) is 26.8. The Balaban J connectivity index is 1.06.